The van der Waals surface area contributed by atoms with Gasteiger partial charge >= 0.3 is 59.1 Å². The standard InChI is InChI=1S/C38H44N2O10.2Na/c1-15(2)23-19-11-17(5)25(31(43)27(19)21(29(41)33(23)45)13-39-37(7,8)35(47)48)26-18(6)12-20-24(16(3)4)34(46)30(42)22(28(20)32(26)44)14-40-38(9,10)36(49)50;;/h11-16,41-46H,1-10H3,(H,47,48)(H,49,50);;/q;2*+1/p-2. The zero-order valence-electron chi connectivity index (χ0n) is 31.7. The van der Waals surface area contributed by atoms with Crippen LogP contribution >= 0.6 is 0 Å². The fraction of sp³-hybridized carbons (Fsp3) is 0.368. The van der Waals surface area contributed by atoms with Gasteiger partial charge in [0.1, 0.15) is 11.5 Å². The minimum Gasteiger partial charge on any atom is -0.548 e. The summed E-state index contributed by atoms with van der Waals surface area (Å²) in [5.74, 6) is -6.86. The number of hydrogen-bond acceptors (Lipinski definition) is 12. The molecule has 0 bridgehead atoms. The number of hydrogen-bond donors (Lipinski definition) is 6. The zero-order valence-corrected chi connectivity index (χ0v) is 35.7. The number of carboxylic acid groups (broad SMARTS) is 2. The Kier molecular flexibility index (Phi) is 13.6. The number of fused-ring (bicyclic) bond motifs is 2. The molecule has 0 aliphatic heterocycles. The van der Waals surface area contributed by atoms with Crippen LogP contribution in [0.15, 0.2) is 22.1 Å². The maximum Gasteiger partial charge on any atom is 1.00 e. The Bertz CT molecular complexity index is 2020. The molecule has 0 amide bonds. The van der Waals surface area contributed by atoms with Crippen molar-refractivity contribution in [3.63, 3.8) is 0 Å². The van der Waals surface area contributed by atoms with Gasteiger partial charge in [0.15, 0.2) is 23.0 Å². The molecule has 0 spiro atoms. The average Bonchev–Trinajstić information content (AvgIpc) is 2.99. The van der Waals surface area contributed by atoms with Crippen LogP contribution in [0.1, 0.15) is 101 Å². The Balaban J connectivity index is 0.00000468. The molecule has 0 unspecified atom stereocenters. The molecule has 4 rings (SSSR count). The molecule has 6 N–H and O–H groups in total. The Hall–Kier alpha value is -3.52. The van der Waals surface area contributed by atoms with Gasteiger partial charge in [-0.1, -0.05) is 39.8 Å². The molecule has 0 atom stereocenters. The third-order valence-corrected chi connectivity index (χ3v) is 9.02. The third-order valence-electron chi connectivity index (χ3n) is 9.02. The quantitative estimate of drug-likeness (QED) is 0.0675. The summed E-state index contributed by atoms with van der Waals surface area (Å²) in [6.07, 6.45) is 2.07. The summed E-state index contributed by atoms with van der Waals surface area (Å²) in [7, 11) is 0. The predicted octanol–water partition coefficient (Wildman–Crippen LogP) is -1.34. The molecule has 52 heavy (non-hydrogen) atoms. The maximum atomic E-state index is 12.1. The van der Waals surface area contributed by atoms with Gasteiger partial charge in [-0.15, -0.1) is 0 Å². The van der Waals surface area contributed by atoms with Gasteiger partial charge < -0.3 is 50.4 Å². The smallest absolute Gasteiger partial charge is 0.548 e. The van der Waals surface area contributed by atoms with Gasteiger partial charge in [-0.25, -0.2) is 0 Å². The normalized spacial score (nSPS) is 12.3. The van der Waals surface area contributed by atoms with Crippen molar-refractivity contribution in [1.82, 2.24) is 0 Å². The van der Waals surface area contributed by atoms with Gasteiger partial charge in [-0.2, -0.15) is 0 Å². The van der Waals surface area contributed by atoms with Crippen molar-refractivity contribution in [2.45, 2.75) is 92.2 Å². The van der Waals surface area contributed by atoms with E-state index in [0.29, 0.717) is 33.0 Å². The molecular formula is C38H42N2Na2O10. The molecule has 0 fully saturated rings. The molecule has 0 aliphatic carbocycles. The van der Waals surface area contributed by atoms with Crippen LogP contribution in [0.2, 0.25) is 0 Å². The van der Waals surface area contributed by atoms with Crippen molar-refractivity contribution in [1.29, 1.82) is 0 Å². The van der Waals surface area contributed by atoms with Gasteiger partial charge in [0, 0.05) is 56.6 Å². The molecule has 14 heteroatoms. The average molecular weight is 733 g/mol. The second-order valence-electron chi connectivity index (χ2n) is 14.2. The van der Waals surface area contributed by atoms with E-state index in [4.69, 9.17) is 0 Å². The first kappa shape index (κ1) is 44.6. The molecule has 4 aromatic carbocycles. The zero-order chi connectivity index (χ0) is 37.9. The summed E-state index contributed by atoms with van der Waals surface area (Å²) in [6, 6.07) is 3.31. The van der Waals surface area contributed by atoms with Gasteiger partial charge in [-0.05, 0) is 75.3 Å². The number of aliphatic imine (C=N–C) groups is 2. The number of aryl methyl sites for hydroxylation is 2. The largest absolute Gasteiger partial charge is 1.00 e. The Morgan fingerprint density at radius 1 is 0.596 bits per heavy atom. The first-order valence-corrected chi connectivity index (χ1v) is 16.0. The van der Waals surface area contributed by atoms with Crippen LogP contribution in [-0.4, -0.2) is 66.1 Å². The van der Waals surface area contributed by atoms with Gasteiger partial charge in [0.2, 0.25) is 0 Å². The summed E-state index contributed by atoms with van der Waals surface area (Å²) in [5.41, 5.74) is -2.21. The Morgan fingerprint density at radius 3 is 1.13 bits per heavy atom. The Morgan fingerprint density at radius 2 is 0.885 bits per heavy atom. The molecule has 0 aromatic heterocycles. The fourth-order valence-electron chi connectivity index (χ4n) is 6.18. The minimum absolute atomic E-state index is 0. The van der Waals surface area contributed by atoms with E-state index in [-0.39, 0.29) is 104 Å². The van der Waals surface area contributed by atoms with E-state index < -0.39 is 57.5 Å². The predicted molar refractivity (Wildman–Crippen MR) is 188 cm³/mol. The number of nitrogens with zero attached hydrogens (tertiary/aromatic N) is 2. The molecule has 0 heterocycles. The van der Waals surface area contributed by atoms with Crippen molar-refractivity contribution >= 4 is 45.9 Å². The van der Waals surface area contributed by atoms with Crippen LogP contribution in [-0.2, 0) is 9.59 Å². The number of phenolic OH excluding ortho intramolecular Hbond substituents is 6. The molecule has 4 aromatic rings. The molecule has 0 saturated heterocycles. The van der Waals surface area contributed by atoms with E-state index in [2.05, 4.69) is 9.98 Å². The molecule has 266 valence electrons. The van der Waals surface area contributed by atoms with Crippen molar-refractivity contribution < 1.29 is 110 Å². The van der Waals surface area contributed by atoms with Crippen molar-refractivity contribution in [2.75, 3.05) is 0 Å². The molecule has 12 nitrogen and oxygen atoms in total. The number of rotatable bonds is 9. The van der Waals surface area contributed by atoms with Gasteiger partial charge in [0.05, 0.1) is 23.0 Å². The van der Waals surface area contributed by atoms with Crippen molar-refractivity contribution in [2.24, 2.45) is 9.98 Å². The van der Waals surface area contributed by atoms with Crippen molar-refractivity contribution in [3.8, 4) is 45.6 Å². The second kappa shape index (κ2) is 15.8. The van der Waals surface area contributed by atoms with Crippen LogP contribution in [0.25, 0.3) is 32.7 Å². The summed E-state index contributed by atoms with van der Waals surface area (Å²) >= 11 is 0. The van der Waals surface area contributed by atoms with Crippen LogP contribution in [0.5, 0.6) is 34.5 Å². The topological polar surface area (TPSA) is 226 Å². The van der Waals surface area contributed by atoms with Crippen LogP contribution < -0.4 is 69.3 Å². The van der Waals surface area contributed by atoms with Crippen LogP contribution in [0.4, 0.5) is 0 Å². The summed E-state index contributed by atoms with van der Waals surface area (Å²) in [6.45, 7) is 15.5. The molecular weight excluding hydrogens is 690 g/mol. The van der Waals surface area contributed by atoms with E-state index >= 15 is 0 Å². The number of aromatic hydroxyl groups is 6. The number of phenols is 6. The van der Waals surface area contributed by atoms with E-state index in [0.717, 1.165) is 12.4 Å². The number of benzene rings is 4. The summed E-state index contributed by atoms with van der Waals surface area (Å²) in [5, 5.41) is 93.1. The van der Waals surface area contributed by atoms with Gasteiger partial charge in [0.25, 0.3) is 0 Å². The molecule has 0 radical (unpaired) electrons. The number of carboxylic acids is 2. The van der Waals surface area contributed by atoms with E-state index in [9.17, 15) is 50.4 Å². The molecule has 0 aliphatic rings. The number of aliphatic carboxylic acids is 2. The Labute approximate surface area is 346 Å². The third kappa shape index (κ3) is 7.60. The fourth-order valence-corrected chi connectivity index (χ4v) is 6.18. The first-order chi connectivity index (χ1) is 23.0. The minimum atomic E-state index is -1.74. The summed E-state index contributed by atoms with van der Waals surface area (Å²) < 4.78 is 0. The van der Waals surface area contributed by atoms with Crippen LogP contribution in [0, 0.1) is 13.8 Å². The van der Waals surface area contributed by atoms with Gasteiger partial charge in [-0.3, -0.25) is 9.98 Å². The van der Waals surface area contributed by atoms with Crippen molar-refractivity contribution in [3.05, 3.63) is 45.5 Å². The number of carbonyl (C=O) groups excluding carboxylic acids is 2. The van der Waals surface area contributed by atoms with E-state index in [1.54, 1.807) is 53.7 Å². The maximum absolute atomic E-state index is 12.1. The van der Waals surface area contributed by atoms with E-state index in [1.807, 2.05) is 0 Å². The number of carbonyl (C=O) groups is 2. The molecule has 0 saturated carbocycles. The first-order valence-electron chi connectivity index (χ1n) is 16.0. The summed E-state index contributed by atoms with van der Waals surface area (Å²) in [4.78, 5) is 31.6. The SMILES string of the molecule is Cc1cc2c(C(C)C)c(O)c(O)c(C=NC(C)(C)C(=O)[O-])c2c(O)c1-c1c(C)cc2c(C(C)C)c(O)c(O)c(C=NC(C)(C)C(=O)[O-])c2c1O.[Na+].[Na+]. The monoisotopic (exact) mass is 732 g/mol. The van der Waals surface area contributed by atoms with Crippen LogP contribution in [0.3, 0.4) is 0 Å². The van der Waals surface area contributed by atoms with E-state index in [1.165, 1.54) is 27.7 Å². The second-order valence-corrected chi connectivity index (χ2v) is 14.2.